The predicted octanol–water partition coefficient (Wildman–Crippen LogP) is 4.26. The summed E-state index contributed by atoms with van der Waals surface area (Å²) < 4.78 is 0. The van der Waals surface area contributed by atoms with Crippen molar-refractivity contribution in [2.45, 2.75) is 20.3 Å². The SMILES string of the molecule is CCc1cccc2c1nc(C)c1ccccc12. The zero-order chi connectivity index (χ0) is 11.8. The van der Waals surface area contributed by atoms with E-state index in [1.807, 2.05) is 0 Å². The Bertz CT molecular complexity index is 698. The molecule has 1 heteroatoms. The third kappa shape index (κ3) is 1.50. The molecule has 0 unspecified atom stereocenters. The van der Waals surface area contributed by atoms with Gasteiger partial charge in [0.05, 0.1) is 5.52 Å². The molecule has 0 aliphatic carbocycles. The summed E-state index contributed by atoms with van der Waals surface area (Å²) in [6.07, 6.45) is 1.03. The Kier molecular flexibility index (Phi) is 2.32. The second-order valence-corrected chi connectivity index (χ2v) is 4.41. The first kappa shape index (κ1) is 10.3. The molecular weight excluding hydrogens is 206 g/mol. The van der Waals surface area contributed by atoms with Crippen LogP contribution in [0.25, 0.3) is 21.7 Å². The molecule has 0 N–H and O–H groups in total. The summed E-state index contributed by atoms with van der Waals surface area (Å²) in [5.74, 6) is 0. The number of aryl methyl sites for hydroxylation is 2. The molecule has 0 spiro atoms. The van der Waals surface area contributed by atoms with Crippen LogP contribution in [-0.4, -0.2) is 4.98 Å². The third-order valence-electron chi connectivity index (χ3n) is 3.39. The Labute approximate surface area is 101 Å². The molecule has 1 aromatic heterocycles. The van der Waals surface area contributed by atoms with Crippen LogP contribution >= 0.6 is 0 Å². The molecule has 0 aliphatic heterocycles. The molecule has 0 bridgehead atoms. The van der Waals surface area contributed by atoms with Gasteiger partial charge >= 0.3 is 0 Å². The summed E-state index contributed by atoms with van der Waals surface area (Å²) in [7, 11) is 0. The fourth-order valence-electron chi connectivity index (χ4n) is 2.49. The molecule has 1 nitrogen and oxygen atoms in total. The van der Waals surface area contributed by atoms with Crippen LogP contribution in [0.15, 0.2) is 42.5 Å². The minimum Gasteiger partial charge on any atom is -0.252 e. The van der Waals surface area contributed by atoms with E-state index in [-0.39, 0.29) is 0 Å². The van der Waals surface area contributed by atoms with Gasteiger partial charge in [-0.05, 0) is 24.3 Å². The monoisotopic (exact) mass is 221 g/mol. The number of nitrogens with zero attached hydrogens (tertiary/aromatic N) is 1. The Morgan fingerprint density at radius 1 is 0.882 bits per heavy atom. The quantitative estimate of drug-likeness (QED) is 0.559. The maximum absolute atomic E-state index is 4.77. The summed E-state index contributed by atoms with van der Waals surface area (Å²) in [5.41, 5.74) is 3.61. The number of hydrogen-bond donors (Lipinski definition) is 0. The molecule has 17 heavy (non-hydrogen) atoms. The summed E-state index contributed by atoms with van der Waals surface area (Å²) in [5, 5.41) is 3.84. The molecule has 84 valence electrons. The highest BCUT2D eigenvalue weighted by Gasteiger charge is 2.07. The molecule has 0 amide bonds. The lowest BCUT2D eigenvalue weighted by atomic mass is 10.0. The Balaban J connectivity index is 2.57. The molecule has 2 aromatic carbocycles. The number of rotatable bonds is 1. The van der Waals surface area contributed by atoms with Crippen molar-refractivity contribution in [3.63, 3.8) is 0 Å². The molecule has 1 heterocycles. The van der Waals surface area contributed by atoms with Crippen LogP contribution in [0.3, 0.4) is 0 Å². The van der Waals surface area contributed by atoms with E-state index in [1.54, 1.807) is 0 Å². The van der Waals surface area contributed by atoms with Gasteiger partial charge in [0.25, 0.3) is 0 Å². The zero-order valence-electron chi connectivity index (χ0n) is 10.2. The normalized spacial score (nSPS) is 11.2. The average Bonchev–Trinajstić information content (AvgIpc) is 2.39. The Morgan fingerprint density at radius 2 is 1.59 bits per heavy atom. The molecule has 0 aliphatic rings. The van der Waals surface area contributed by atoms with Gasteiger partial charge in [0.2, 0.25) is 0 Å². The highest BCUT2D eigenvalue weighted by Crippen LogP contribution is 2.27. The minimum atomic E-state index is 1.03. The van der Waals surface area contributed by atoms with Gasteiger partial charge in [-0.3, -0.25) is 4.98 Å². The van der Waals surface area contributed by atoms with Gasteiger partial charge in [-0.1, -0.05) is 49.4 Å². The topological polar surface area (TPSA) is 12.9 Å². The van der Waals surface area contributed by atoms with Crippen LogP contribution in [0.2, 0.25) is 0 Å². The Morgan fingerprint density at radius 3 is 2.35 bits per heavy atom. The van der Waals surface area contributed by atoms with Crippen LogP contribution in [0.4, 0.5) is 0 Å². The maximum atomic E-state index is 4.77. The lowest BCUT2D eigenvalue weighted by Crippen LogP contribution is -1.92. The highest BCUT2D eigenvalue weighted by molar-refractivity contribution is 6.07. The molecule has 0 atom stereocenters. The zero-order valence-corrected chi connectivity index (χ0v) is 10.2. The van der Waals surface area contributed by atoms with E-state index in [2.05, 4.69) is 56.3 Å². The van der Waals surface area contributed by atoms with Crippen LogP contribution in [0.5, 0.6) is 0 Å². The largest absolute Gasteiger partial charge is 0.252 e. The van der Waals surface area contributed by atoms with E-state index in [9.17, 15) is 0 Å². The van der Waals surface area contributed by atoms with Crippen LogP contribution in [0.1, 0.15) is 18.2 Å². The van der Waals surface area contributed by atoms with E-state index in [4.69, 9.17) is 4.98 Å². The average molecular weight is 221 g/mol. The molecule has 0 saturated carbocycles. The molecule has 0 fully saturated rings. The fourth-order valence-corrected chi connectivity index (χ4v) is 2.49. The fraction of sp³-hybridized carbons (Fsp3) is 0.188. The van der Waals surface area contributed by atoms with Gasteiger partial charge in [0.15, 0.2) is 0 Å². The number of pyridine rings is 1. The molecule has 0 radical (unpaired) electrons. The molecule has 3 rings (SSSR count). The lowest BCUT2D eigenvalue weighted by molar-refractivity contribution is 1.14. The van der Waals surface area contributed by atoms with Crippen molar-refractivity contribution >= 4 is 21.7 Å². The van der Waals surface area contributed by atoms with Crippen LogP contribution in [-0.2, 0) is 6.42 Å². The van der Waals surface area contributed by atoms with E-state index < -0.39 is 0 Å². The number of aromatic nitrogens is 1. The van der Waals surface area contributed by atoms with Gasteiger partial charge in [-0.25, -0.2) is 0 Å². The summed E-state index contributed by atoms with van der Waals surface area (Å²) in [6.45, 7) is 4.27. The first-order valence-electron chi connectivity index (χ1n) is 6.08. The summed E-state index contributed by atoms with van der Waals surface area (Å²) >= 11 is 0. The Hall–Kier alpha value is -1.89. The van der Waals surface area contributed by atoms with Gasteiger partial charge in [-0.15, -0.1) is 0 Å². The van der Waals surface area contributed by atoms with Crippen molar-refractivity contribution in [3.8, 4) is 0 Å². The number of para-hydroxylation sites is 1. The first-order chi connectivity index (χ1) is 8.31. The maximum Gasteiger partial charge on any atom is 0.0743 e. The van der Waals surface area contributed by atoms with Gasteiger partial charge in [0, 0.05) is 16.5 Å². The van der Waals surface area contributed by atoms with E-state index >= 15 is 0 Å². The van der Waals surface area contributed by atoms with E-state index in [0.717, 1.165) is 17.6 Å². The van der Waals surface area contributed by atoms with Gasteiger partial charge in [-0.2, -0.15) is 0 Å². The van der Waals surface area contributed by atoms with Crippen LogP contribution in [0, 0.1) is 6.92 Å². The first-order valence-corrected chi connectivity index (χ1v) is 6.08. The van der Waals surface area contributed by atoms with Crippen molar-refractivity contribution < 1.29 is 0 Å². The van der Waals surface area contributed by atoms with Crippen molar-refractivity contribution in [3.05, 3.63) is 53.7 Å². The van der Waals surface area contributed by atoms with Gasteiger partial charge < -0.3 is 0 Å². The van der Waals surface area contributed by atoms with E-state index in [1.165, 1.54) is 21.7 Å². The number of benzene rings is 2. The molecule has 0 saturated heterocycles. The number of fused-ring (bicyclic) bond motifs is 3. The lowest BCUT2D eigenvalue weighted by Gasteiger charge is -2.09. The van der Waals surface area contributed by atoms with E-state index in [0.29, 0.717) is 0 Å². The summed E-state index contributed by atoms with van der Waals surface area (Å²) in [4.78, 5) is 4.77. The standard InChI is InChI=1S/C16H15N/c1-3-12-7-6-10-15-14-9-5-4-8-13(14)11(2)17-16(12)15/h4-10H,3H2,1-2H3. The summed E-state index contributed by atoms with van der Waals surface area (Å²) in [6, 6.07) is 15.0. The third-order valence-corrected chi connectivity index (χ3v) is 3.39. The predicted molar refractivity (Wildman–Crippen MR) is 73.4 cm³/mol. The van der Waals surface area contributed by atoms with Crippen molar-refractivity contribution in [1.29, 1.82) is 0 Å². The van der Waals surface area contributed by atoms with Crippen molar-refractivity contribution in [1.82, 2.24) is 4.98 Å². The smallest absolute Gasteiger partial charge is 0.0743 e. The van der Waals surface area contributed by atoms with Crippen molar-refractivity contribution in [2.75, 3.05) is 0 Å². The second-order valence-electron chi connectivity index (χ2n) is 4.41. The minimum absolute atomic E-state index is 1.03. The van der Waals surface area contributed by atoms with Gasteiger partial charge in [0.1, 0.15) is 0 Å². The highest BCUT2D eigenvalue weighted by atomic mass is 14.7. The molecular formula is C16H15N. The van der Waals surface area contributed by atoms with Crippen molar-refractivity contribution in [2.24, 2.45) is 0 Å². The molecule has 3 aromatic rings. The second kappa shape index (κ2) is 3.85. The number of hydrogen-bond acceptors (Lipinski definition) is 1. The van der Waals surface area contributed by atoms with Crippen LogP contribution < -0.4 is 0 Å².